The molecule has 1 aliphatic heterocycles. The van der Waals surface area contributed by atoms with Crippen molar-refractivity contribution < 1.29 is 9.84 Å². The summed E-state index contributed by atoms with van der Waals surface area (Å²) in [6, 6.07) is 0. The summed E-state index contributed by atoms with van der Waals surface area (Å²) in [5.41, 5.74) is -0.810. The van der Waals surface area contributed by atoms with Gasteiger partial charge in [0.15, 0.2) is 0 Å². The van der Waals surface area contributed by atoms with Crippen molar-refractivity contribution in [2.24, 2.45) is 0 Å². The smallest absolute Gasteiger partial charge is 0.138 e. The Labute approximate surface area is 110 Å². The van der Waals surface area contributed by atoms with Crippen LogP contribution >= 0.6 is 11.8 Å². The molecule has 0 aromatic carbocycles. The zero-order chi connectivity index (χ0) is 12.7. The van der Waals surface area contributed by atoms with Gasteiger partial charge in [0.25, 0.3) is 0 Å². The Morgan fingerprint density at radius 3 is 3.39 bits per heavy atom. The lowest BCUT2D eigenvalue weighted by molar-refractivity contribution is -0.0258. The molecule has 1 aliphatic rings. The predicted octanol–water partition coefficient (Wildman–Crippen LogP) is -1.16. The number of rotatable bonds is 6. The van der Waals surface area contributed by atoms with Crippen LogP contribution in [0.25, 0.3) is 0 Å². The Morgan fingerprint density at radius 1 is 1.61 bits per heavy atom. The third kappa shape index (κ3) is 4.54. The van der Waals surface area contributed by atoms with E-state index < -0.39 is 5.60 Å². The molecular formula is C10H19N5O2S. The molecule has 1 atom stereocenters. The highest BCUT2D eigenvalue weighted by atomic mass is 32.2. The molecule has 0 aliphatic carbocycles. The Morgan fingerprint density at radius 2 is 2.56 bits per heavy atom. The second-order valence-electron chi connectivity index (χ2n) is 4.29. The maximum Gasteiger partial charge on any atom is 0.138 e. The fourth-order valence-corrected chi connectivity index (χ4v) is 2.39. The number of aliphatic hydroxyl groups is 1. The first kappa shape index (κ1) is 13.8. The van der Waals surface area contributed by atoms with E-state index in [1.54, 1.807) is 18.0 Å². The fourth-order valence-electron chi connectivity index (χ4n) is 1.70. The zero-order valence-electron chi connectivity index (χ0n) is 10.2. The van der Waals surface area contributed by atoms with Crippen LogP contribution in [0.4, 0.5) is 0 Å². The molecule has 18 heavy (non-hydrogen) atoms. The van der Waals surface area contributed by atoms with E-state index in [0.717, 1.165) is 23.9 Å². The molecule has 0 radical (unpaired) electrons. The van der Waals surface area contributed by atoms with E-state index in [-0.39, 0.29) is 0 Å². The van der Waals surface area contributed by atoms with Gasteiger partial charge in [-0.25, -0.2) is 0 Å². The number of hydrogen-bond donors (Lipinski definition) is 4. The number of hydrogen-bond acceptors (Lipinski definition) is 7. The Bertz CT molecular complexity index is 327. The summed E-state index contributed by atoms with van der Waals surface area (Å²) in [5, 5.41) is 27.8. The van der Waals surface area contributed by atoms with Gasteiger partial charge in [0.1, 0.15) is 10.6 Å². The van der Waals surface area contributed by atoms with E-state index in [9.17, 15) is 5.11 Å². The average molecular weight is 273 g/mol. The normalized spacial score (nSPS) is 24.9. The molecule has 1 aromatic heterocycles. The second kappa shape index (κ2) is 7.05. The van der Waals surface area contributed by atoms with Crippen LogP contribution in [0.5, 0.6) is 0 Å². The number of thioether (sulfide) groups is 1. The van der Waals surface area contributed by atoms with Crippen LogP contribution in [-0.2, 0) is 4.74 Å². The van der Waals surface area contributed by atoms with Crippen molar-refractivity contribution >= 4 is 11.8 Å². The van der Waals surface area contributed by atoms with Crippen LogP contribution in [0, 0.1) is 0 Å². The number of ether oxygens (including phenoxy) is 1. The molecule has 0 amide bonds. The highest BCUT2D eigenvalue weighted by molar-refractivity contribution is 7.99. The maximum atomic E-state index is 10.3. The minimum Gasteiger partial charge on any atom is -0.385 e. The summed E-state index contributed by atoms with van der Waals surface area (Å²) >= 11 is 1.62. The van der Waals surface area contributed by atoms with Crippen LogP contribution in [0.1, 0.15) is 0 Å². The van der Waals surface area contributed by atoms with Gasteiger partial charge >= 0.3 is 0 Å². The first-order chi connectivity index (χ1) is 8.79. The van der Waals surface area contributed by atoms with E-state index in [0.29, 0.717) is 26.3 Å². The third-order valence-corrected chi connectivity index (χ3v) is 3.52. The molecule has 2 rings (SSSR count). The molecule has 1 aromatic rings. The van der Waals surface area contributed by atoms with Crippen LogP contribution < -0.4 is 10.6 Å². The minimum atomic E-state index is -0.810. The van der Waals surface area contributed by atoms with Gasteiger partial charge in [0.05, 0.1) is 19.4 Å². The first-order valence-electron chi connectivity index (χ1n) is 5.99. The van der Waals surface area contributed by atoms with Crippen LogP contribution in [0.2, 0.25) is 0 Å². The molecule has 0 spiro atoms. The van der Waals surface area contributed by atoms with Gasteiger partial charge in [0, 0.05) is 31.9 Å². The van der Waals surface area contributed by atoms with E-state index in [1.165, 1.54) is 0 Å². The lowest BCUT2D eigenvalue weighted by atomic mass is 10.1. The second-order valence-corrected chi connectivity index (χ2v) is 5.40. The van der Waals surface area contributed by atoms with Crippen LogP contribution in [-0.4, -0.2) is 71.3 Å². The van der Waals surface area contributed by atoms with E-state index in [1.807, 2.05) is 0 Å². The number of H-pyrrole nitrogens is 1. The predicted molar refractivity (Wildman–Crippen MR) is 68.6 cm³/mol. The summed E-state index contributed by atoms with van der Waals surface area (Å²) in [7, 11) is 0. The van der Waals surface area contributed by atoms with Gasteiger partial charge in [-0.1, -0.05) is 0 Å². The average Bonchev–Trinajstić information content (AvgIpc) is 2.78. The molecule has 8 heteroatoms. The molecule has 1 saturated heterocycles. The van der Waals surface area contributed by atoms with Gasteiger partial charge in [-0.15, -0.1) is 16.9 Å². The molecule has 0 bridgehead atoms. The zero-order valence-corrected chi connectivity index (χ0v) is 11.0. The van der Waals surface area contributed by atoms with Gasteiger partial charge in [-0.3, -0.25) is 0 Å². The standard InChI is InChI=1S/C10H19N5O2S/c16-10(6-11-1-3-17-8-10)7-12-2-4-18-9-5-13-15-14-9/h5,11-12,16H,1-4,6-8H2,(H,13,14,15)/t10-/m1/s1. The minimum absolute atomic E-state index is 0.378. The molecule has 2 heterocycles. The Balaban J connectivity index is 1.59. The van der Waals surface area contributed by atoms with Crippen molar-refractivity contribution in [3.63, 3.8) is 0 Å². The van der Waals surface area contributed by atoms with Gasteiger partial charge in [0.2, 0.25) is 0 Å². The molecule has 102 valence electrons. The molecular weight excluding hydrogens is 254 g/mol. The summed E-state index contributed by atoms with van der Waals surface area (Å²) in [6.07, 6.45) is 1.70. The van der Waals surface area contributed by atoms with E-state index in [2.05, 4.69) is 26.0 Å². The molecule has 0 saturated carbocycles. The van der Waals surface area contributed by atoms with Gasteiger partial charge < -0.3 is 20.5 Å². The summed E-state index contributed by atoms with van der Waals surface area (Å²) in [4.78, 5) is 0. The van der Waals surface area contributed by atoms with Crippen molar-refractivity contribution in [2.75, 3.05) is 45.1 Å². The van der Waals surface area contributed by atoms with Crippen molar-refractivity contribution in [2.45, 2.75) is 10.6 Å². The number of nitrogens with one attached hydrogen (secondary N) is 3. The van der Waals surface area contributed by atoms with Crippen molar-refractivity contribution in [1.82, 2.24) is 26.0 Å². The molecule has 0 unspecified atom stereocenters. The molecule has 7 nitrogen and oxygen atoms in total. The van der Waals surface area contributed by atoms with Gasteiger partial charge in [-0.2, -0.15) is 10.3 Å². The number of nitrogens with zero attached hydrogens (tertiary/aromatic N) is 2. The summed E-state index contributed by atoms with van der Waals surface area (Å²) in [6.45, 7) is 3.73. The number of β-amino-alcohol motifs (C(OH)–C–C–N with tert-alkyl or cyclic N) is 1. The summed E-state index contributed by atoms with van der Waals surface area (Å²) in [5.74, 6) is 0.886. The number of aromatic amines is 1. The monoisotopic (exact) mass is 273 g/mol. The largest absolute Gasteiger partial charge is 0.385 e. The van der Waals surface area contributed by atoms with E-state index >= 15 is 0 Å². The SMILES string of the molecule is O[C@@]1(CNCCSc2cn[nH]n2)CNCCOC1. The number of aromatic nitrogens is 3. The van der Waals surface area contributed by atoms with Crippen LogP contribution in [0.3, 0.4) is 0 Å². The lowest BCUT2D eigenvalue weighted by Gasteiger charge is -2.26. The van der Waals surface area contributed by atoms with Crippen molar-refractivity contribution in [3.8, 4) is 0 Å². The fraction of sp³-hybridized carbons (Fsp3) is 0.800. The first-order valence-corrected chi connectivity index (χ1v) is 6.97. The van der Waals surface area contributed by atoms with Crippen LogP contribution in [0.15, 0.2) is 11.2 Å². The highest BCUT2D eigenvalue weighted by Gasteiger charge is 2.28. The lowest BCUT2D eigenvalue weighted by Crippen LogP contribution is -2.50. The van der Waals surface area contributed by atoms with Crippen molar-refractivity contribution in [3.05, 3.63) is 6.20 Å². The van der Waals surface area contributed by atoms with Crippen molar-refractivity contribution in [1.29, 1.82) is 0 Å². The molecule has 4 N–H and O–H groups in total. The van der Waals surface area contributed by atoms with Gasteiger partial charge in [-0.05, 0) is 0 Å². The highest BCUT2D eigenvalue weighted by Crippen LogP contribution is 2.11. The molecule has 1 fully saturated rings. The third-order valence-electron chi connectivity index (χ3n) is 2.62. The Hall–Kier alpha value is -0.670. The topological polar surface area (TPSA) is 95.1 Å². The maximum absolute atomic E-state index is 10.3. The van der Waals surface area contributed by atoms with E-state index in [4.69, 9.17) is 4.74 Å². The Kier molecular flexibility index (Phi) is 5.39. The quantitative estimate of drug-likeness (QED) is 0.383. The summed E-state index contributed by atoms with van der Waals surface area (Å²) < 4.78 is 5.35.